The van der Waals surface area contributed by atoms with E-state index < -0.39 is 9.84 Å². The summed E-state index contributed by atoms with van der Waals surface area (Å²) in [5.74, 6) is 1.04. The number of carbonyl (C=O) groups excluding carboxylic acids is 1. The second kappa shape index (κ2) is 8.21. The summed E-state index contributed by atoms with van der Waals surface area (Å²) < 4.78 is 23.0. The van der Waals surface area contributed by atoms with Gasteiger partial charge in [0, 0.05) is 45.4 Å². The molecule has 7 nitrogen and oxygen atoms in total. The van der Waals surface area contributed by atoms with Gasteiger partial charge in [0.2, 0.25) is 5.91 Å². The Bertz CT molecular complexity index is 468. The first-order chi connectivity index (χ1) is 9.89. The van der Waals surface area contributed by atoms with Gasteiger partial charge < -0.3 is 15.1 Å². The first-order valence-corrected chi connectivity index (χ1v) is 9.21. The SMILES string of the molecule is CCNC(=NCCS(=O)(=O)CC)N1CCN(C(C)=O)CC1. The van der Waals surface area contributed by atoms with Gasteiger partial charge in [0.15, 0.2) is 15.8 Å². The standard InChI is InChI=1S/C13H26N4O3S/c1-4-14-13(15-6-11-21(19,20)5-2)17-9-7-16(8-10-17)12(3)18/h4-11H2,1-3H3,(H,14,15). The maximum Gasteiger partial charge on any atom is 0.219 e. The van der Waals surface area contributed by atoms with Gasteiger partial charge in [-0.15, -0.1) is 0 Å². The van der Waals surface area contributed by atoms with Crippen molar-refractivity contribution in [2.24, 2.45) is 4.99 Å². The first-order valence-electron chi connectivity index (χ1n) is 7.38. The molecule has 1 amide bonds. The highest BCUT2D eigenvalue weighted by molar-refractivity contribution is 7.91. The highest BCUT2D eigenvalue weighted by Gasteiger charge is 2.20. The molecule has 0 atom stereocenters. The molecule has 0 aromatic carbocycles. The van der Waals surface area contributed by atoms with Crippen molar-refractivity contribution in [3.63, 3.8) is 0 Å². The van der Waals surface area contributed by atoms with Gasteiger partial charge in [-0.3, -0.25) is 9.79 Å². The molecule has 1 saturated heterocycles. The second-order valence-electron chi connectivity index (χ2n) is 4.97. The molecule has 0 saturated carbocycles. The van der Waals surface area contributed by atoms with Crippen LogP contribution in [0.1, 0.15) is 20.8 Å². The zero-order chi connectivity index (χ0) is 15.9. The summed E-state index contributed by atoms with van der Waals surface area (Å²) in [7, 11) is -2.99. The van der Waals surface area contributed by atoms with Gasteiger partial charge in [-0.25, -0.2) is 8.42 Å². The summed E-state index contributed by atoms with van der Waals surface area (Å²) in [5, 5.41) is 3.18. The Kier molecular flexibility index (Phi) is 6.94. The Balaban J connectivity index is 2.59. The van der Waals surface area contributed by atoms with Gasteiger partial charge in [0.1, 0.15) is 0 Å². The van der Waals surface area contributed by atoms with Gasteiger partial charge in [0.25, 0.3) is 0 Å². The van der Waals surface area contributed by atoms with E-state index in [2.05, 4.69) is 15.2 Å². The second-order valence-corrected chi connectivity index (χ2v) is 7.44. The number of rotatable bonds is 5. The van der Waals surface area contributed by atoms with Crippen LogP contribution in [0.25, 0.3) is 0 Å². The van der Waals surface area contributed by atoms with Crippen LogP contribution in [0.3, 0.4) is 0 Å². The minimum absolute atomic E-state index is 0.0752. The molecule has 1 fully saturated rings. The van der Waals surface area contributed by atoms with E-state index in [1.165, 1.54) is 0 Å². The fraction of sp³-hybridized carbons (Fsp3) is 0.846. The maximum absolute atomic E-state index is 11.5. The zero-order valence-electron chi connectivity index (χ0n) is 13.1. The number of hydrogen-bond acceptors (Lipinski definition) is 4. The lowest BCUT2D eigenvalue weighted by Gasteiger charge is -2.36. The van der Waals surface area contributed by atoms with E-state index in [9.17, 15) is 13.2 Å². The molecule has 21 heavy (non-hydrogen) atoms. The van der Waals surface area contributed by atoms with Crippen molar-refractivity contribution in [3.8, 4) is 0 Å². The number of sulfone groups is 1. The Morgan fingerprint density at radius 3 is 2.19 bits per heavy atom. The summed E-state index contributed by atoms with van der Waals surface area (Å²) >= 11 is 0. The zero-order valence-corrected chi connectivity index (χ0v) is 13.9. The van der Waals surface area contributed by atoms with E-state index in [1.807, 2.05) is 11.8 Å². The lowest BCUT2D eigenvalue weighted by molar-refractivity contribution is -0.130. The molecule has 122 valence electrons. The fourth-order valence-electron chi connectivity index (χ4n) is 2.09. The molecule has 1 heterocycles. The first kappa shape index (κ1) is 17.7. The van der Waals surface area contributed by atoms with Gasteiger partial charge >= 0.3 is 0 Å². The van der Waals surface area contributed by atoms with Crippen LogP contribution in [0.2, 0.25) is 0 Å². The largest absolute Gasteiger partial charge is 0.357 e. The van der Waals surface area contributed by atoms with Crippen LogP contribution in [0.5, 0.6) is 0 Å². The van der Waals surface area contributed by atoms with Crippen LogP contribution in [-0.2, 0) is 14.6 Å². The van der Waals surface area contributed by atoms with Crippen molar-refractivity contribution in [2.45, 2.75) is 20.8 Å². The molecule has 8 heteroatoms. The fourth-order valence-corrected chi connectivity index (χ4v) is 2.75. The molecule has 0 aromatic heterocycles. The minimum Gasteiger partial charge on any atom is -0.357 e. The third-order valence-corrected chi connectivity index (χ3v) is 5.15. The normalized spacial score (nSPS) is 17.0. The van der Waals surface area contributed by atoms with Crippen LogP contribution in [0, 0.1) is 0 Å². The molecular formula is C13H26N4O3S. The predicted molar refractivity (Wildman–Crippen MR) is 84.1 cm³/mol. The van der Waals surface area contributed by atoms with Crippen LogP contribution in [0.15, 0.2) is 4.99 Å². The quantitative estimate of drug-likeness (QED) is 0.548. The van der Waals surface area contributed by atoms with E-state index in [0.29, 0.717) is 26.2 Å². The number of guanidine groups is 1. The van der Waals surface area contributed by atoms with Crippen molar-refractivity contribution in [3.05, 3.63) is 0 Å². The highest BCUT2D eigenvalue weighted by Crippen LogP contribution is 2.03. The van der Waals surface area contributed by atoms with Crippen LogP contribution in [0.4, 0.5) is 0 Å². The number of nitrogens with one attached hydrogen (secondary N) is 1. The summed E-state index contributed by atoms with van der Waals surface area (Å²) in [4.78, 5) is 19.6. The van der Waals surface area contributed by atoms with Crippen molar-refractivity contribution in [1.82, 2.24) is 15.1 Å². The Hall–Kier alpha value is -1.31. The lowest BCUT2D eigenvalue weighted by atomic mass is 10.3. The summed E-state index contributed by atoms with van der Waals surface area (Å²) in [6, 6.07) is 0. The van der Waals surface area contributed by atoms with Crippen molar-refractivity contribution in [1.29, 1.82) is 0 Å². The number of nitrogens with zero attached hydrogens (tertiary/aromatic N) is 3. The molecule has 1 N–H and O–H groups in total. The summed E-state index contributed by atoms with van der Waals surface area (Å²) in [6.07, 6.45) is 0. The molecule has 0 spiro atoms. The third-order valence-electron chi connectivity index (χ3n) is 3.46. The van der Waals surface area contributed by atoms with Crippen LogP contribution < -0.4 is 5.32 Å². The molecule has 1 aliphatic rings. The number of carbonyl (C=O) groups is 1. The number of hydrogen-bond donors (Lipinski definition) is 1. The Morgan fingerprint density at radius 1 is 1.14 bits per heavy atom. The third kappa shape index (κ3) is 5.91. The van der Waals surface area contributed by atoms with E-state index in [4.69, 9.17) is 0 Å². The molecule has 0 radical (unpaired) electrons. The topological polar surface area (TPSA) is 82.1 Å². The number of aliphatic imine (C=N–C) groups is 1. The van der Waals surface area contributed by atoms with Gasteiger partial charge in [-0.1, -0.05) is 6.92 Å². The molecule has 0 unspecified atom stereocenters. The maximum atomic E-state index is 11.5. The molecule has 1 rings (SSSR count). The van der Waals surface area contributed by atoms with Crippen LogP contribution >= 0.6 is 0 Å². The lowest BCUT2D eigenvalue weighted by Crippen LogP contribution is -2.53. The van der Waals surface area contributed by atoms with E-state index >= 15 is 0 Å². The van der Waals surface area contributed by atoms with Crippen molar-refractivity contribution >= 4 is 21.7 Å². The Morgan fingerprint density at radius 2 is 1.71 bits per heavy atom. The number of piperazine rings is 1. The van der Waals surface area contributed by atoms with Crippen molar-refractivity contribution < 1.29 is 13.2 Å². The average Bonchev–Trinajstić information content (AvgIpc) is 2.46. The van der Waals surface area contributed by atoms with E-state index in [1.54, 1.807) is 13.8 Å². The molecule has 0 aliphatic carbocycles. The van der Waals surface area contributed by atoms with Crippen LogP contribution in [-0.4, -0.2) is 80.9 Å². The summed E-state index contributed by atoms with van der Waals surface area (Å²) in [6.45, 7) is 8.97. The molecular weight excluding hydrogens is 292 g/mol. The minimum atomic E-state index is -2.99. The van der Waals surface area contributed by atoms with E-state index in [-0.39, 0.29) is 24.0 Å². The van der Waals surface area contributed by atoms with Gasteiger partial charge in [-0.05, 0) is 6.92 Å². The number of amides is 1. The summed E-state index contributed by atoms with van der Waals surface area (Å²) in [5.41, 5.74) is 0. The molecule has 0 bridgehead atoms. The van der Waals surface area contributed by atoms with E-state index in [0.717, 1.165) is 12.5 Å². The smallest absolute Gasteiger partial charge is 0.219 e. The highest BCUT2D eigenvalue weighted by atomic mass is 32.2. The van der Waals surface area contributed by atoms with Gasteiger partial charge in [0.05, 0.1) is 12.3 Å². The van der Waals surface area contributed by atoms with Gasteiger partial charge in [-0.2, -0.15) is 0 Å². The Labute approximate surface area is 127 Å². The average molecular weight is 318 g/mol. The monoisotopic (exact) mass is 318 g/mol. The molecule has 0 aromatic rings. The van der Waals surface area contributed by atoms with Crippen molar-refractivity contribution in [2.75, 3.05) is 50.8 Å². The molecule has 1 aliphatic heterocycles. The predicted octanol–water partition coefficient (Wildman–Crippen LogP) is -0.449.